The quantitative estimate of drug-likeness (QED) is 0.0222. The van der Waals surface area contributed by atoms with Crippen LogP contribution >= 0.6 is 15.6 Å². The van der Waals surface area contributed by atoms with Crippen molar-refractivity contribution in [3.63, 3.8) is 0 Å². The largest absolute Gasteiger partial charge is 0.472 e. The minimum absolute atomic E-state index is 0.106. The molecule has 0 fully saturated rings. The molecule has 17 nitrogen and oxygen atoms in total. The summed E-state index contributed by atoms with van der Waals surface area (Å²) < 4.78 is 68.7. The van der Waals surface area contributed by atoms with Crippen LogP contribution in [-0.2, 0) is 65.4 Å². The first-order chi connectivity index (χ1) is 49.9. The Morgan fingerprint density at radius 2 is 0.447 bits per heavy atom. The van der Waals surface area contributed by atoms with E-state index in [4.69, 9.17) is 37.0 Å². The van der Waals surface area contributed by atoms with E-state index in [0.29, 0.717) is 31.6 Å². The number of aliphatic hydroxyl groups excluding tert-OH is 1. The summed E-state index contributed by atoms with van der Waals surface area (Å²) in [6.07, 6.45) is 67.1. The highest BCUT2D eigenvalue weighted by Gasteiger charge is 2.30. The molecule has 0 saturated carbocycles. The van der Waals surface area contributed by atoms with E-state index in [2.05, 4.69) is 41.5 Å². The van der Waals surface area contributed by atoms with E-state index in [-0.39, 0.29) is 25.7 Å². The number of unbranched alkanes of at least 4 members (excludes halogenated alkanes) is 53. The zero-order chi connectivity index (χ0) is 75.6. The average Bonchev–Trinajstić information content (AvgIpc) is 0.911. The summed E-state index contributed by atoms with van der Waals surface area (Å²) in [4.78, 5) is 73.0. The van der Waals surface area contributed by atoms with E-state index in [1.807, 2.05) is 0 Å². The Morgan fingerprint density at radius 1 is 0.262 bits per heavy atom. The smallest absolute Gasteiger partial charge is 0.462 e. The minimum Gasteiger partial charge on any atom is -0.462 e. The second-order valence-corrected chi connectivity index (χ2v) is 34.1. The van der Waals surface area contributed by atoms with Crippen LogP contribution < -0.4 is 0 Å². The van der Waals surface area contributed by atoms with Gasteiger partial charge >= 0.3 is 39.5 Å². The maximum Gasteiger partial charge on any atom is 0.472 e. The fourth-order valence-corrected chi connectivity index (χ4v) is 14.6. The van der Waals surface area contributed by atoms with Gasteiger partial charge in [0.2, 0.25) is 0 Å². The van der Waals surface area contributed by atoms with Crippen molar-refractivity contribution in [2.24, 2.45) is 11.8 Å². The Morgan fingerprint density at radius 3 is 0.660 bits per heavy atom. The van der Waals surface area contributed by atoms with Crippen LogP contribution in [0.4, 0.5) is 0 Å². The number of hydrogen-bond acceptors (Lipinski definition) is 15. The van der Waals surface area contributed by atoms with Crippen molar-refractivity contribution < 1.29 is 80.2 Å². The molecule has 0 bridgehead atoms. The molecule has 19 heteroatoms. The first-order valence-electron chi connectivity index (χ1n) is 43.5. The number of ether oxygens (including phenoxy) is 4. The van der Waals surface area contributed by atoms with Gasteiger partial charge < -0.3 is 33.8 Å². The summed E-state index contributed by atoms with van der Waals surface area (Å²) in [7, 11) is -9.92. The number of aliphatic hydroxyl groups is 1. The van der Waals surface area contributed by atoms with Gasteiger partial charge in [-0.3, -0.25) is 37.3 Å². The van der Waals surface area contributed by atoms with Crippen molar-refractivity contribution in [2.45, 2.75) is 464 Å². The van der Waals surface area contributed by atoms with Crippen molar-refractivity contribution in [3.05, 3.63) is 0 Å². The Balaban J connectivity index is 5.16. The van der Waals surface area contributed by atoms with Gasteiger partial charge in [-0.2, -0.15) is 0 Å². The fraction of sp³-hybridized carbons (Fsp3) is 0.952. The molecule has 0 rings (SSSR count). The Hall–Kier alpha value is -1.94. The van der Waals surface area contributed by atoms with E-state index in [0.717, 1.165) is 102 Å². The van der Waals surface area contributed by atoms with Crippen molar-refractivity contribution in [2.75, 3.05) is 39.6 Å². The minimum atomic E-state index is -4.96. The summed E-state index contributed by atoms with van der Waals surface area (Å²) in [6.45, 7) is 9.59. The van der Waals surface area contributed by atoms with Crippen LogP contribution in [0.3, 0.4) is 0 Å². The molecular weight excluding hydrogens is 1340 g/mol. The van der Waals surface area contributed by atoms with Gasteiger partial charge in [0.25, 0.3) is 0 Å². The van der Waals surface area contributed by atoms with Gasteiger partial charge in [0.15, 0.2) is 12.2 Å². The standard InChI is InChI=1S/C84H164O17P2/c1-7-9-11-13-15-17-19-20-21-22-23-24-25-26-31-34-37-41-45-49-57-63-69-84(89)100-79(72-94-81(86)66-60-54-47-43-40-36-33-30-28-27-29-32-35-39-42-46-52-58-64-76(3)4)74-98-102(90,91)96-70-78(85)71-97-103(92,93)99-75-80(73-95-82(87)67-61-55-51-50-53-59-65-77(5)6)101-83(88)68-62-56-48-44-38-18-16-14-12-10-8-2/h76-80,85H,7-75H2,1-6H3,(H,90,91)(H,92,93)/t78-,79-,80-/m1/s1. The molecule has 0 heterocycles. The second kappa shape index (κ2) is 75.5. The molecule has 0 aliphatic rings. The molecule has 0 radical (unpaired) electrons. The van der Waals surface area contributed by atoms with E-state index >= 15 is 0 Å². The zero-order valence-electron chi connectivity index (χ0n) is 67.6. The first-order valence-corrected chi connectivity index (χ1v) is 46.5. The van der Waals surface area contributed by atoms with Gasteiger partial charge in [0.05, 0.1) is 26.4 Å². The predicted molar refractivity (Wildman–Crippen MR) is 423 cm³/mol. The lowest BCUT2D eigenvalue weighted by atomic mass is 10.0. The van der Waals surface area contributed by atoms with Gasteiger partial charge in [0.1, 0.15) is 19.3 Å². The van der Waals surface area contributed by atoms with Crippen molar-refractivity contribution in [1.29, 1.82) is 0 Å². The lowest BCUT2D eigenvalue weighted by molar-refractivity contribution is -0.161. The van der Waals surface area contributed by atoms with Crippen molar-refractivity contribution >= 4 is 39.5 Å². The second-order valence-electron chi connectivity index (χ2n) is 31.2. The summed E-state index contributed by atoms with van der Waals surface area (Å²) in [5, 5.41) is 10.6. The number of phosphoric acid groups is 2. The topological polar surface area (TPSA) is 237 Å². The van der Waals surface area contributed by atoms with E-state index in [9.17, 15) is 43.2 Å². The number of carbonyl (C=O) groups is 4. The molecule has 0 aromatic rings. The molecule has 0 aliphatic carbocycles. The predicted octanol–water partition coefficient (Wildman–Crippen LogP) is 25.5. The van der Waals surface area contributed by atoms with Gasteiger partial charge in [-0.05, 0) is 37.5 Å². The van der Waals surface area contributed by atoms with E-state index in [1.54, 1.807) is 0 Å². The molecule has 3 N–H and O–H groups in total. The number of rotatable bonds is 83. The SMILES string of the molecule is CCCCCCCCCCCCCCCCCCCCCCCCC(=O)O[C@H](COC(=O)CCCCCCCCCCCCCCCCCCCCC(C)C)COP(=O)(O)OC[C@@H](O)COP(=O)(O)OC[C@@H](COC(=O)CCCCCCCCC(C)C)OC(=O)CCCCCCCCCCCCC. The fourth-order valence-electron chi connectivity index (χ4n) is 13.1. The molecule has 612 valence electrons. The summed E-state index contributed by atoms with van der Waals surface area (Å²) in [5.74, 6) is -0.606. The number of phosphoric ester groups is 2. The van der Waals surface area contributed by atoms with Crippen molar-refractivity contribution in [1.82, 2.24) is 0 Å². The van der Waals surface area contributed by atoms with Crippen LogP contribution in [0.25, 0.3) is 0 Å². The third kappa shape index (κ3) is 78.0. The van der Waals surface area contributed by atoms with E-state index < -0.39 is 97.5 Å². The highest BCUT2D eigenvalue weighted by atomic mass is 31.2. The molecule has 0 aliphatic heterocycles. The van der Waals surface area contributed by atoms with Gasteiger partial charge in [0, 0.05) is 25.7 Å². The van der Waals surface area contributed by atoms with Crippen molar-refractivity contribution in [3.8, 4) is 0 Å². The van der Waals surface area contributed by atoms with Gasteiger partial charge in [-0.1, -0.05) is 395 Å². The van der Waals surface area contributed by atoms with Crippen LogP contribution in [0.15, 0.2) is 0 Å². The Bertz CT molecular complexity index is 1980. The van der Waals surface area contributed by atoms with E-state index in [1.165, 1.54) is 257 Å². The van der Waals surface area contributed by atoms with Crippen LogP contribution in [0.1, 0.15) is 446 Å². The zero-order valence-corrected chi connectivity index (χ0v) is 69.4. The molecule has 0 aromatic carbocycles. The number of hydrogen-bond donors (Lipinski definition) is 3. The molecule has 5 atom stereocenters. The maximum absolute atomic E-state index is 13.1. The lowest BCUT2D eigenvalue weighted by Crippen LogP contribution is -2.30. The van der Waals surface area contributed by atoms with Gasteiger partial charge in [-0.15, -0.1) is 0 Å². The highest BCUT2D eigenvalue weighted by Crippen LogP contribution is 2.45. The van der Waals surface area contributed by atoms with Crippen LogP contribution in [0.2, 0.25) is 0 Å². The molecule has 0 aromatic heterocycles. The molecule has 103 heavy (non-hydrogen) atoms. The maximum atomic E-state index is 13.1. The summed E-state index contributed by atoms with van der Waals surface area (Å²) in [5.41, 5.74) is 0. The number of esters is 4. The molecule has 2 unspecified atom stereocenters. The lowest BCUT2D eigenvalue weighted by Gasteiger charge is -2.21. The first kappa shape index (κ1) is 101. The number of carbonyl (C=O) groups excluding carboxylic acids is 4. The monoisotopic (exact) mass is 1510 g/mol. The molecule has 0 amide bonds. The summed E-state index contributed by atoms with van der Waals surface area (Å²) in [6, 6.07) is 0. The molecular formula is C84H164O17P2. The summed E-state index contributed by atoms with van der Waals surface area (Å²) >= 11 is 0. The Labute approximate surface area is 632 Å². The Kier molecular flexibility index (Phi) is 74.1. The molecule has 0 saturated heterocycles. The third-order valence-electron chi connectivity index (χ3n) is 19.7. The third-order valence-corrected chi connectivity index (χ3v) is 21.6. The average molecular weight is 1510 g/mol. The van der Waals surface area contributed by atoms with Crippen LogP contribution in [-0.4, -0.2) is 96.7 Å². The van der Waals surface area contributed by atoms with Gasteiger partial charge in [-0.25, -0.2) is 9.13 Å². The highest BCUT2D eigenvalue weighted by molar-refractivity contribution is 7.47. The van der Waals surface area contributed by atoms with Crippen LogP contribution in [0.5, 0.6) is 0 Å². The normalized spacial score (nSPS) is 13.9. The molecule has 0 spiro atoms. The van der Waals surface area contributed by atoms with Crippen LogP contribution in [0, 0.1) is 11.8 Å².